The van der Waals surface area contributed by atoms with E-state index in [9.17, 15) is 0 Å². The van der Waals surface area contributed by atoms with Gasteiger partial charge in [0.15, 0.2) is 0 Å². The van der Waals surface area contributed by atoms with E-state index in [-0.39, 0.29) is 0 Å². The summed E-state index contributed by atoms with van der Waals surface area (Å²) in [5.41, 5.74) is 0. The molecule has 0 aromatic heterocycles. The van der Waals surface area contributed by atoms with Crippen LogP contribution < -0.4 is 5.09 Å². The van der Waals surface area contributed by atoms with Gasteiger partial charge >= 0.3 is 7.07 Å². The molecule has 1 heterocycles. The van der Waals surface area contributed by atoms with Crippen molar-refractivity contribution in [1.29, 1.82) is 0 Å². The molecule has 2 unspecified atom stereocenters. The van der Waals surface area contributed by atoms with Crippen LogP contribution in [0.4, 0.5) is 0 Å². The van der Waals surface area contributed by atoms with Crippen molar-refractivity contribution in [2.45, 2.75) is 33.2 Å². The van der Waals surface area contributed by atoms with Crippen LogP contribution in [-0.2, 0) is 9.05 Å². The Morgan fingerprint density at radius 1 is 1.69 bits per heavy atom. The highest BCUT2D eigenvalue weighted by Gasteiger charge is 2.49. The highest BCUT2D eigenvalue weighted by Crippen LogP contribution is 2.65. The van der Waals surface area contributed by atoms with E-state index < -0.39 is 7.07 Å². The van der Waals surface area contributed by atoms with Crippen LogP contribution in [0.5, 0.6) is 0 Å². The molecule has 3 atom stereocenters. The van der Waals surface area contributed by atoms with Gasteiger partial charge in [-0.15, -0.1) is 5.09 Å². The lowest BCUT2D eigenvalue weighted by Gasteiger charge is -2.14. The van der Waals surface area contributed by atoms with Crippen molar-refractivity contribution in [2.24, 2.45) is 5.92 Å². The van der Waals surface area contributed by atoms with Gasteiger partial charge in [0.25, 0.3) is 0 Å². The molecule has 1 N–H and O–H groups in total. The van der Waals surface area contributed by atoms with Gasteiger partial charge in [0.1, 0.15) is 6.61 Å². The fourth-order valence-corrected chi connectivity index (χ4v) is 3.97. The van der Waals surface area contributed by atoms with E-state index in [1.165, 1.54) is 0 Å². The molecule has 0 aromatic carbocycles. The highest BCUT2D eigenvalue weighted by atomic mass is 32.7. The average molecular weight is 224 g/mol. The maximum Gasteiger partial charge on any atom is 0.409 e. The van der Waals surface area contributed by atoms with Crippen LogP contribution in [0.1, 0.15) is 27.2 Å². The third-order valence-corrected chi connectivity index (χ3v) is 5.20. The minimum Gasteiger partial charge on any atom is -0.178 e. The quantitative estimate of drug-likeness (QED) is 0.568. The van der Waals surface area contributed by atoms with Gasteiger partial charge in [-0.05, 0) is 12.8 Å². The van der Waals surface area contributed by atoms with Gasteiger partial charge in [-0.3, -0.25) is 0 Å². The minimum absolute atomic E-state index is 0.405. The lowest BCUT2D eigenvalue weighted by atomic mass is 10.0. The summed E-state index contributed by atoms with van der Waals surface area (Å²) in [5.74, 6) is 0.620. The topological polar surface area (TPSA) is 30.5 Å². The molecule has 1 saturated heterocycles. The van der Waals surface area contributed by atoms with Crippen molar-refractivity contribution in [3.63, 3.8) is 0 Å². The third kappa shape index (κ3) is 3.07. The van der Waals surface area contributed by atoms with Gasteiger partial charge < -0.3 is 0 Å². The van der Waals surface area contributed by atoms with Crippen molar-refractivity contribution in [1.82, 2.24) is 5.09 Å². The Hall–Kier alpha value is 0.660. The molecule has 1 aliphatic rings. The van der Waals surface area contributed by atoms with E-state index in [4.69, 9.17) is 9.05 Å². The van der Waals surface area contributed by atoms with E-state index in [1.807, 2.05) is 6.92 Å². The molecule has 78 valence electrons. The second-order valence-electron chi connectivity index (χ2n) is 3.36. The first kappa shape index (κ1) is 11.7. The number of thiol groups is 1. The molecule has 1 fully saturated rings. The van der Waals surface area contributed by atoms with E-state index in [2.05, 4.69) is 31.2 Å². The molecule has 1 aliphatic heterocycles. The highest BCUT2D eigenvalue weighted by molar-refractivity contribution is 8.48. The van der Waals surface area contributed by atoms with Gasteiger partial charge in [-0.1, -0.05) is 20.3 Å². The van der Waals surface area contributed by atoms with Crippen LogP contribution in [0, 0.1) is 5.92 Å². The summed E-state index contributed by atoms with van der Waals surface area (Å²) in [6.07, 6.45) is 1.15. The van der Waals surface area contributed by atoms with Crippen LogP contribution in [0.15, 0.2) is 0 Å². The Morgan fingerprint density at radius 3 is 2.92 bits per heavy atom. The first-order valence-corrected chi connectivity index (χ1v) is 7.57. The van der Waals surface area contributed by atoms with Crippen molar-refractivity contribution in [2.75, 3.05) is 13.2 Å². The second-order valence-corrected chi connectivity index (χ2v) is 6.75. The molecule has 0 radical (unpaired) electrons. The van der Waals surface area contributed by atoms with Crippen LogP contribution in [-0.4, -0.2) is 19.3 Å². The van der Waals surface area contributed by atoms with Crippen molar-refractivity contribution in [3.05, 3.63) is 0 Å². The zero-order valence-corrected chi connectivity index (χ0v) is 10.3. The van der Waals surface area contributed by atoms with Gasteiger partial charge in [0.2, 0.25) is 0 Å². The molecule has 1 rings (SSSR count). The standard InChI is InChI=1S/C8H19NO2PS/c1-4-7(3)8-6-11-12(13,9-8)10-5-2/h7-9,13H,4-6H2,1-3H3/q+1/t7?,8-,12?/m1/s1. The van der Waals surface area contributed by atoms with E-state index in [0.717, 1.165) is 13.0 Å². The van der Waals surface area contributed by atoms with Crippen molar-refractivity contribution < 1.29 is 9.05 Å². The summed E-state index contributed by atoms with van der Waals surface area (Å²) in [6, 6.07) is 0.405. The first-order valence-electron chi connectivity index (χ1n) is 4.80. The molecule has 0 amide bonds. The molecule has 0 saturated carbocycles. The maximum atomic E-state index is 5.56. The fraction of sp³-hybridized carbons (Fsp3) is 1.00. The molecule has 13 heavy (non-hydrogen) atoms. The van der Waals surface area contributed by atoms with Gasteiger partial charge in [-0.2, -0.15) is 9.05 Å². The van der Waals surface area contributed by atoms with E-state index in [0.29, 0.717) is 18.6 Å². The predicted octanol–water partition coefficient (Wildman–Crippen LogP) is 2.66. The fourth-order valence-electron chi connectivity index (χ4n) is 1.29. The zero-order chi connectivity index (χ0) is 9.90. The molecular formula is C8H19NO2PS+. The second kappa shape index (κ2) is 4.94. The summed E-state index contributed by atoms with van der Waals surface area (Å²) in [7, 11) is -2.00. The van der Waals surface area contributed by atoms with Gasteiger partial charge in [0, 0.05) is 0 Å². The number of nitrogens with one attached hydrogen (secondary N) is 1. The van der Waals surface area contributed by atoms with E-state index in [1.54, 1.807) is 0 Å². The first-order chi connectivity index (χ1) is 6.11. The van der Waals surface area contributed by atoms with Crippen molar-refractivity contribution in [3.8, 4) is 0 Å². The molecule has 0 bridgehead atoms. The Labute approximate surface area is 86.3 Å². The van der Waals surface area contributed by atoms with Crippen LogP contribution in [0.3, 0.4) is 0 Å². The summed E-state index contributed by atoms with van der Waals surface area (Å²) in [6.45, 7) is 7.74. The molecule has 0 spiro atoms. The number of hydrogen-bond acceptors (Lipinski definition) is 4. The molecule has 3 nitrogen and oxygen atoms in total. The smallest absolute Gasteiger partial charge is 0.178 e. The number of hydrogen-bond donors (Lipinski definition) is 2. The summed E-state index contributed by atoms with van der Waals surface area (Å²) in [5, 5.41) is 3.35. The Kier molecular flexibility index (Phi) is 4.46. The minimum atomic E-state index is -2.00. The van der Waals surface area contributed by atoms with Crippen molar-refractivity contribution >= 4 is 19.3 Å². The monoisotopic (exact) mass is 224 g/mol. The van der Waals surface area contributed by atoms with Crippen LogP contribution >= 0.6 is 19.3 Å². The Bertz CT molecular complexity index is 172. The summed E-state index contributed by atoms with van der Waals surface area (Å²) < 4.78 is 11.0. The Morgan fingerprint density at radius 2 is 2.38 bits per heavy atom. The van der Waals surface area contributed by atoms with Gasteiger partial charge in [0.05, 0.1) is 24.9 Å². The Balaban J connectivity index is 2.43. The number of rotatable bonds is 4. The lowest BCUT2D eigenvalue weighted by molar-refractivity contribution is 0.264. The molecule has 0 aromatic rings. The van der Waals surface area contributed by atoms with Gasteiger partial charge in [-0.25, -0.2) is 0 Å². The third-order valence-electron chi connectivity index (χ3n) is 2.39. The van der Waals surface area contributed by atoms with Crippen LogP contribution in [0.25, 0.3) is 0 Å². The summed E-state index contributed by atoms with van der Waals surface area (Å²) in [4.78, 5) is 0. The molecular weight excluding hydrogens is 205 g/mol. The average Bonchev–Trinajstić information content (AvgIpc) is 2.47. The molecule has 5 heteroatoms. The SMILES string of the molecule is CCO[P+]1(S)N[C@@H](C(C)CC)CO1. The zero-order valence-electron chi connectivity index (χ0n) is 8.49. The lowest BCUT2D eigenvalue weighted by Crippen LogP contribution is -2.29. The predicted molar refractivity (Wildman–Crippen MR) is 59.9 cm³/mol. The normalized spacial score (nSPS) is 36.5. The van der Waals surface area contributed by atoms with Crippen LogP contribution in [0.2, 0.25) is 0 Å². The summed E-state index contributed by atoms with van der Waals surface area (Å²) >= 11 is 4.41. The molecule has 0 aliphatic carbocycles. The van der Waals surface area contributed by atoms with E-state index >= 15 is 0 Å². The largest absolute Gasteiger partial charge is 0.409 e. The maximum absolute atomic E-state index is 5.56.